The van der Waals surface area contributed by atoms with Gasteiger partial charge in [0.05, 0.1) is 6.61 Å². The van der Waals surface area contributed by atoms with Gasteiger partial charge in [0.1, 0.15) is 0 Å². The fourth-order valence-electron chi connectivity index (χ4n) is 2.36. The van der Waals surface area contributed by atoms with Gasteiger partial charge in [-0.2, -0.15) is 0 Å². The molecule has 0 spiro atoms. The van der Waals surface area contributed by atoms with Crippen molar-refractivity contribution in [2.24, 2.45) is 5.73 Å². The van der Waals surface area contributed by atoms with Crippen LogP contribution in [-0.4, -0.2) is 54.2 Å². The van der Waals surface area contributed by atoms with Gasteiger partial charge in [-0.3, -0.25) is 9.80 Å². The summed E-state index contributed by atoms with van der Waals surface area (Å²) in [7, 11) is 0. The van der Waals surface area contributed by atoms with Crippen LogP contribution >= 0.6 is 0 Å². The molecule has 0 atom stereocenters. The second kappa shape index (κ2) is 6.85. The Kier molecular flexibility index (Phi) is 5.13. The molecule has 1 saturated heterocycles. The molecule has 4 nitrogen and oxygen atoms in total. The largest absolute Gasteiger partial charge is 0.392 e. The van der Waals surface area contributed by atoms with E-state index in [0.717, 1.165) is 51.4 Å². The minimum absolute atomic E-state index is 0.123. The third-order valence-electron chi connectivity index (χ3n) is 3.52. The molecule has 0 aliphatic carbocycles. The first-order valence-corrected chi connectivity index (χ1v) is 6.65. The minimum Gasteiger partial charge on any atom is -0.392 e. The Bertz CT molecular complexity index is 345. The zero-order valence-electron chi connectivity index (χ0n) is 10.9. The number of hydrogen-bond acceptors (Lipinski definition) is 4. The lowest BCUT2D eigenvalue weighted by Crippen LogP contribution is -2.47. The van der Waals surface area contributed by atoms with Crippen LogP contribution in [0.5, 0.6) is 0 Å². The summed E-state index contributed by atoms with van der Waals surface area (Å²) < 4.78 is 0. The number of rotatable bonds is 5. The van der Waals surface area contributed by atoms with E-state index in [0.29, 0.717) is 0 Å². The third kappa shape index (κ3) is 3.78. The Hall–Kier alpha value is -0.940. The van der Waals surface area contributed by atoms with E-state index in [-0.39, 0.29) is 6.61 Å². The summed E-state index contributed by atoms with van der Waals surface area (Å²) in [4.78, 5) is 4.90. The first-order chi connectivity index (χ1) is 8.81. The molecule has 2 rings (SSSR count). The lowest BCUT2D eigenvalue weighted by atomic mass is 10.1. The van der Waals surface area contributed by atoms with E-state index in [4.69, 9.17) is 10.8 Å². The first kappa shape index (κ1) is 13.5. The standard InChI is InChI=1S/C14H23N3O/c15-5-6-16-7-9-17(10-8-16)11-13-1-3-14(12-18)4-2-13/h1-4,18H,5-12,15H2. The minimum atomic E-state index is 0.123. The zero-order valence-corrected chi connectivity index (χ0v) is 10.9. The highest BCUT2D eigenvalue weighted by Gasteiger charge is 2.15. The topological polar surface area (TPSA) is 52.7 Å². The van der Waals surface area contributed by atoms with Gasteiger partial charge in [0.15, 0.2) is 0 Å². The maximum Gasteiger partial charge on any atom is 0.0681 e. The molecule has 1 aliphatic heterocycles. The molecule has 100 valence electrons. The number of hydrogen-bond donors (Lipinski definition) is 2. The van der Waals surface area contributed by atoms with E-state index in [2.05, 4.69) is 21.9 Å². The van der Waals surface area contributed by atoms with Crippen molar-refractivity contribution >= 4 is 0 Å². The zero-order chi connectivity index (χ0) is 12.8. The molecular formula is C14H23N3O. The fourth-order valence-corrected chi connectivity index (χ4v) is 2.36. The van der Waals surface area contributed by atoms with E-state index in [9.17, 15) is 0 Å². The van der Waals surface area contributed by atoms with Gasteiger partial charge in [0.2, 0.25) is 0 Å². The van der Waals surface area contributed by atoms with Crippen molar-refractivity contribution in [3.05, 3.63) is 35.4 Å². The van der Waals surface area contributed by atoms with Gasteiger partial charge in [-0.05, 0) is 11.1 Å². The predicted molar refractivity (Wildman–Crippen MR) is 73.1 cm³/mol. The molecule has 1 fully saturated rings. The monoisotopic (exact) mass is 249 g/mol. The maximum atomic E-state index is 9.00. The molecule has 0 saturated carbocycles. The van der Waals surface area contributed by atoms with E-state index in [1.807, 2.05) is 12.1 Å². The summed E-state index contributed by atoms with van der Waals surface area (Å²) in [6.45, 7) is 7.35. The maximum absolute atomic E-state index is 9.00. The number of aliphatic hydroxyl groups excluding tert-OH is 1. The molecule has 0 amide bonds. The van der Waals surface area contributed by atoms with Crippen LogP contribution in [0.15, 0.2) is 24.3 Å². The highest BCUT2D eigenvalue weighted by Crippen LogP contribution is 2.10. The van der Waals surface area contributed by atoms with Crippen molar-refractivity contribution in [2.75, 3.05) is 39.3 Å². The Morgan fingerprint density at radius 2 is 1.50 bits per heavy atom. The molecule has 1 aromatic rings. The number of piperazine rings is 1. The van der Waals surface area contributed by atoms with E-state index >= 15 is 0 Å². The van der Waals surface area contributed by atoms with Crippen LogP contribution in [0.3, 0.4) is 0 Å². The molecule has 3 N–H and O–H groups in total. The Morgan fingerprint density at radius 3 is 2.06 bits per heavy atom. The summed E-state index contributed by atoms with van der Waals surface area (Å²) in [6, 6.07) is 8.22. The number of aliphatic hydroxyl groups is 1. The Labute approximate surface area is 109 Å². The van der Waals surface area contributed by atoms with E-state index < -0.39 is 0 Å². The van der Waals surface area contributed by atoms with Gasteiger partial charge in [-0.1, -0.05) is 24.3 Å². The molecule has 18 heavy (non-hydrogen) atoms. The third-order valence-corrected chi connectivity index (χ3v) is 3.52. The molecule has 1 heterocycles. The molecule has 1 aliphatic rings. The molecule has 0 radical (unpaired) electrons. The van der Waals surface area contributed by atoms with Crippen molar-refractivity contribution in [2.45, 2.75) is 13.2 Å². The number of nitrogens with two attached hydrogens (primary N) is 1. The van der Waals surface area contributed by atoms with Crippen LogP contribution in [0.4, 0.5) is 0 Å². The smallest absolute Gasteiger partial charge is 0.0681 e. The van der Waals surface area contributed by atoms with Crippen LogP contribution in [0.25, 0.3) is 0 Å². The van der Waals surface area contributed by atoms with E-state index in [1.165, 1.54) is 5.56 Å². The van der Waals surface area contributed by atoms with Gasteiger partial charge in [-0.25, -0.2) is 0 Å². The summed E-state index contributed by atoms with van der Waals surface area (Å²) in [5, 5.41) is 9.00. The van der Waals surface area contributed by atoms with Crippen LogP contribution in [-0.2, 0) is 13.2 Å². The van der Waals surface area contributed by atoms with Gasteiger partial charge in [0, 0.05) is 45.8 Å². The highest BCUT2D eigenvalue weighted by molar-refractivity contribution is 5.21. The van der Waals surface area contributed by atoms with Crippen molar-refractivity contribution in [3.8, 4) is 0 Å². The van der Waals surface area contributed by atoms with Crippen LogP contribution in [0, 0.1) is 0 Å². The average Bonchev–Trinajstić information content (AvgIpc) is 2.42. The fraction of sp³-hybridized carbons (Fsp3) is 0.571. The van der Waals surface area contributed by atoms with Gasteiger partial charge in [-0.15, -0.1) is 0 Å². The summed E-state index contributed by atoms with van der Waals surface area (Å²) >= 11 is 0. The lowest BCUT2D eigenvalue weighted by molar-refractivity contribution is 0.130. The second-order valence-corrected chi connectivity index (χ2v) is 4.88. The molecular weight excluding hydrogens is 226 g/mol. The van der Waals surface area contributed by atoms with Crippen LogP contribution in [0.2, 0.25) is 0 Å². The van der Waals surface area contributed by atoms with Crippen molar-refractivity contribution < 1.29 is 5.11 Å². The number of benzene rings is 1. The van der Waals surface area contributed by atoms with Crippen LogP contribution < -0.4 is 5.73 Å². The molecule has 0 bridgehead atoms. The SMILES string of the molecule is NCCN1CCN(Cc2ccc(CO)cc2)CC1. The van der Waals surface area contributed by atoms with E-state index in [1.54, 1.807) is 0 Å². The Morgan fingerprint density at radius 1 is 0.944 bits per heavy atom. The lowest BCUT2D eigenvalue weighted by Gasteiger charge is -2.34. The molecule has 0 aromatic heterocycles. The quantitative estimate of drug-likeness (QED) is 0.786. The van der Waals surface area contributed by atoms with Crippen molar-refractivity contribution in [1.29, 1.82) is 0 Å². The van der Waals surface area contributed by atoms with Gasteiger partial charge >= 0.3 is 0 Å². The Balaban J connectivity index is 1.80. The molecule has 0 unspecified atom stereocenters. The normalized spacial score (nSPS) is 18.1. The first-order valence-electron chi connectivity index (χ1n) is 6.65. The molecule has 1 aromatic carbocycles. The highest BCUT2D eigenvalue weighted by atomic mass is 16.3. The van der Waals surface area contributed by atoms with Crippen molar-refractivity contribution in [3.63, 3.8) is 0 Å². The van der Waals surface area contributed by atoms with Gasteiger partial charge in [0.25, 0.3) is 0 Å². The number of nitrogens with zero attached hydrogens (tertiary/aromatic N) is 2. The summed E-state index contributed by atoms with van der Waals surface area (Å²) in [5.74, 6) is 0. The average molecular weight is 249 g/mol. The van der Waals surface area contributed by atoms with Crippen molar-refractivity contribution in [1.82, 2.24) is 9.80 Å². The summed E-state index contributed by atoms with van der Waals surface area (Å²) in [6.07, 6.45) is 0. The summed E-state index contributed by atoms with van der Waals surface area (Å²) in [5.41, 5.74) is 7.87. The molecule has 4 heteroatoms. The van der Waals surface area contributed by atoms with Crippen LogP contribution in [0.1, 0.15) is 11.1 Å². The van der Waals surface area contributed by atoms with Gasteiger partial charge < -0.3 is 10.8 Å². The predicted octanol–water partition coefficient (Wildman–Crippen LogP) is 0.255. The second-order valence-electron chi connectivity index (χ2n) is 4.88.